The van der Waals surface area contributed by atoms with Crippen LogP contribution in [0, 0.1) is 0 Å². The van der Waals surface area contributed by atoms with Gasteiger partial charge in [0.15, 0.2) is 0 Å². The van der Waals surface area contributed by atoms with Gasteiger partial charge in [-0.1, -0.05) is 42.0 Å². The highest BCUT2D eigenvalue weighted by atomic mass is 16.1. The van der Waals surface area contributed by atoms with Gasteiger partial charge in [0.2, 0.25) is 0 Å². The Balaban J connectivity index is 1.76. The summed E-state index contributed by atoms with van der Waals surface area (Å²) >= 11 is 0. The maximum Gasteiger partial charge on any atom is 0.137 e. The molecule has 0 spiro atoms. The van der Waals surface area contributed by atoms with E-state index in [9.17, 15) is 4.79 Å². The van der Waals surface area contributed by atoms with E-state index in [1.54, 1.807) is 0 Å². The van der Waals surface area contributed by atoms with Crippen LogP contribution in [0.3, 0.4) is 0 Å². The molecule has 0 saturated heterocycles. The van der Waals surface area contributed by atoms with E-state index in [1.807, 2.05) is 18.2 Å². The summed E-state index contributed by atoms with van der Waals surface area (Å²) in [7, 11) is 0. The van der Waals surface area contributed by atoms with Crippen molar-refractivity contribution in [1.82, 2.24) is 0 Å². The first-order valence-corrected chi connectivity index (χ1v) is 6.58. The Labute approximate surface area is 104 Å². The molecule has 1 aliphatic rings. The molecule has 1 aromatic rings. The van der Waals surface area contributed by atoms with Gasteiger partial charge in [-0.25, -0.2) is 0 Å². The Morgan fingerprint density at radius 3 is 2.65 bits per heavy atom. The summed E-state index contributed by atoms with van der Waals surface area (Å²) in [5.41, 5.74) is 2.63. The lowest BCUT2D eigenvalue weighted by Gasteiger charge is -2.11. The topological polar surface area (TPSA) is 17.1 Å². The lowest BCUT2D eigenvalue weighted by atomic mass is 9.94. The number of aryl methyl sites for hydroxylation is 1. The van der Waals surface area contributed by atoms with Crippen molar-refractivity contribution in [2.24, 2.45) is 0 Å². The molecule has 0 aromatic heterocycles. The Hall–Kier alpha value is -1.37. The van der Waals surface area contributed by atoms with Gasteiger partial charge >= 0.3 is 0 Å². The second-order valence-corrected chi connectivity index (χ2v) is 4.81. The monoisotopic (exact) mass is 228 g/mol. The van der Waals surface area contributed by atoms with Crippen LogP contribution in [-0.2, 0) is 11.2 Å². The van der Waals surface area contributed by atoms with Crippen molar-refractivity contribution < 1.29 is 4.79 Å². The van der Waals surface area contributed by atoms with E-state index in [1.165, 1.54) is 30.4 Å². The molecule has 0 radical (unpaired) electrons. The summed E-state index contributed by atoms with van der Waals surface area (Å²) in [6, 6.07) is 10.3. The standard InChI is InChI=1S/C16H20O/c17-16(13-15-9-5-2-6-10-15)12-11-14-7-3-1-4-8-14/h1,3-4,7-9H,2,5-6,10-13H2. The largest absolute Gasteiger partial charge is 0.299 e. The third-order valence-electron chi connectivity index (χ3n) is 3.34. The SMILES string of the molecule is O=C(CCc1ccccc1)CC1=CCCCC1. The quantitative estimate of drug-likeness (QED) is 0.694. The fourth-order valence-electron chi connectivity index (χ4n) is 2.34. The average Bonchev–Trinajstić information content (AvgIpc) is 2.39. The third-order valence-corrected chi connectivity index (χ3v) is 3.34. The molecule has 1 nitrogen and oxygen atoms in total. The van der Waals surface area contributed by atoms with Gasteiger partial charge in [-0.05, 0) is 37.7 Å². The van der Waals surface area contributed by atoms with E-state index >= 15 is 0 Å². The van der Waals surface area contributed by atoms with Gasteiger partial charge in [0.1, 0.15) is 5.78 Å². The summed E-state index contributed by atoms with van der Waals surface area (Å²) in [5.74, 6) is 0.391. The van der Waals surface area contributed by atoms with Gasteiger partial charge in [-0.2, -0.15) is 0 Å². The highest BCUT2D eigenvalue weighted by Gasteiger charge is 2.09. The minimum Gasteiger partial charge on any atom is -0.299 e. The van der Waals surface area contributed by atoms with Crippen LogP contribution in [0.2, 0.25) is 0 Å². The van der Waals surface area contributed by atoms with Crippen molar-refractivity contribution >= 4 is 5.78 Å². The number of ketones is 1. The number of carbonyl (C=O) groups is 1. The van der Waals surface area contributed by atoms with Crippen molar-refractivity contribution in [3.05, 3.63) is 47.5 Å². The Kier molecular flexibility index (Phi) is 4.54. The fourth-order valence-corrected chi connectivity index (χ4v) is 2.34. The van der Waals surface area contributed by atoms with Crippen LogP contribution in [0.5, 0.6) is 0 Å². The van der Waals surface area contributed by atoms with Crippen LogP contribution in [0.15, 0.2) is 42.0 Å². The van der Waals surface area contributed by atoms with Crippen LogP contribution >= 0.6 is 0 Å². The smallest absolute Gasteiger partial charge is 0.137 e. The van der Waals surface area contributed by atoms with Gasteiger partial charge in [-0.3, -0.25) is 4.79 Å². The molecule has 0 heterocycles. The predicted molar refractivity (Wildman–Crippen MR) is 70.9 cm³/mol. The van der Waals surface area contributed by atoms with Crippen molar-refractivity contribution in [2.75, 3.05) is 0 Å². The van der Waals surface area contributed by atoms with Crippen molar-refractivity contribution in [3.63, 3.8) is 0 Å². The summed E-state index contributed by atoms with van der Waals surface area (Å²) in [6.45, 7) is 0. The summed E-state index contributed by atoms with van der Waals surface area (Å²) in [6.07, 6.45) is 9.38. The third kappa shape index (κ3) is 4.18. The zero-order valence-electron chi connectivity index (χ0n) is 10.3. The molecule has 1 aliphatic carbocycles. The van der Waals surface area contributed by atoms with Crippen molar-refractivity contribution in [1.29, 1.82) is 0 Å². The van der Waals surface area contributed by atoms with Gasteiger partial charge < -0.3 is 0 Å². The number of Topliss-reactive ketones (excluding diaryl/α,β-unsaturated/α-hetero) is 1. The van der Waals surface area contributed by atoms with E-state index in [2.05, 4.69) is 18.2 Å². The van der Waals surface area contributed by atoms with Crippen molar-refractivity contribution in [3.8, 4) is 0 Å². The summed E-state index contributed by atoms with van der Waals surface area (Å²) < 4.78 is 0. The van der Waals surface area contributed by atoms with E-state index in [4.69, 9.17) is 0 Å². The Bertz CT molecular complexity index is 389. The van der Waals surface area contributed by atoms with Crippen LogP contribution in [0.1, 0.15) is 44.1 Å². The highest BCUT2D eigenvalue weighted by Crippen LogP contribution is 2.21. The predicted octanol–water partition coefficient (Wildman–Crippen LogP) is 4.08. The normalized spacial score (nSPS) is 15.4. The first kappa shape index (κ1) is 12.1. The first-order chi connectivity index (χ1) is 8.34. The van der Waals surface area contributed by atoms with E-state index in [0.29, 0.717) is 18.6 Å². The molecular weight excluding hydrogens is 208 g/mol. The van der Waals surface area contributed by atoms with Gasteiger partial charge in [0, 0.05) is 12.8 Å². The molecular formula is C16H20O. The van der Waals surface area contributed by atoms with Gasteiger partial charge in [-0.15, -0.1) is 0 Å². The maximum absolute atomic E-state index is 11.8. The van der Waals surface area contributed by atoms with E-state index in [0.717, 1.165) is 12.8 Å². The number of hydrogen-bond acceptors (Lipinski definition) is 1. The molecule has 0 atom stereocenters. The van der Waals surface area contributed by atoms with E-state index in [-0.39, 0.29) is 0 Å². The minimum absolute atomic E-state index is 0.391. The summed E-state index contributed by atoms with van der Waals surface area (Å²) in [5, 5.41) is 0. The molecule has 0 bridgehead atoms. The van der Waals surface area contributed by atoms with Crippen LogP contribution in [-0.4, -0.2) is 5.78 Å². The van der Waals surface area contributed by atoms with E-state index < -0.39 is 0 Å². The molecule has 0 saturated carbocycles. The molecule has 1 heteroatoms. The molecule has 90 valence electrons. The zero-order chi connectivity index (χ0) is 11.9. The number of benzene rings is 1. The average molecular weight is 228 g/mol. The Morgan fingerprint density at radius 1 is 1.12 bits per heavy atom. The number of allylic oxidation sites excluding steroid dienone is 2. The summed E-state index contributed by atoms with van der Waals surface area (Å²) in [4.78, 5) is 11.8. The molecule has 1 aromatic carbocycles. The molecule has 0 amide bonds. The lowest BCUT2D eigenvalue weighted by Crippen LogP contribution is -2.03. The number of rotatable bonds is 5. The molecule has 17 heavy (non-hydrogen) atoms. The van der Waals surface area contributed by atoms with Gasteiger partial charge in [0.25, 0.3) is 0 Å². The zero-order valence-corrected chi connectivity index (χ0v) is 10.3. The molecule has 0 aliphatic heterocycles. The van der Waals surface area contributed by atoms with Crippen LogP contribution < -0.4 is 0 Å². The first-order valence-electron chi connectivity index (χ1n) is 6.58. The molecule has 0 N–H and O–H groups in total. The van der Waals surface area contributed by atoms with Crippen molar-refractivity contribution in [2.45, 2.75) is 44.9 Å². The number of carbonyl (C=O) groups excluding carboxylic acids is 1. The molecule has 2 rings (SSSR count). The van der Waals surface area contributed by atoms with Crippen LogP contribution in [0.25, 0.3) is 0 Å². The second-order valence-electron chi connectivity index (χ2n) is 4.81. The highest BCUT2D eigenvalue weighted by molar-refractivity contribution is 5.81. The molecule has 0 fully saturated rings. The second kappa shape index (κ2) is 6.39. The minimum atomic E-state index is 0.391. The fraction of sp³-hybridized carbons (Fsp3) is 0.438. The van der Waals surface area contributed by atoms with Gasteiger partial charge in [0.05, 0.1) is 0 Å². The van der Waals surface area contributed by atoms with Crippen LogP contribution in [0.4, 0.5) is 0 Å². The lowest BCUT2D eigenvalue weighted by molar-refractivity contribution is -0.118. The Morgan fingerprint density at radius 2 is 1.94 bits per heavy atom. The number of hydrogen-bond donors (Lipinski definition) is 0. The molecule has 0 unspecified atom stereocenters. The maximum atomic E-state index is 11.8.